The predicted molar refractivity (Wildman–Crippen MR) is 115 cm³/mol. The average Bonchev–Trinajstić information content (AvgIpc) is 2.79. The van der Waals surface area contributed by atoms with Crippen molar-refractivity contribution in [2.24, 2.45) is 0 Å². The number of anilines is 1. The number of rotatable bonds is 6. The van der Waals surface area contributed by atoms with Crippen molar-refractivity contribution in [3.05, 3.63) is 78.1 Å². The molecule has 1 aromatic heterocycles. The molecular formula is C22H21N3O5S. The first-order chi connectivity index (χ1) is 14.9. The van der Waals surface area contributed by atoms with Gasteiger partial charge in [-0.05, 0) is 48.9 Å². The number of pyridine rings is 1. The smallest absolute Gasteiger partial charge is 0.262 e. The quantitative estimate of drug-likeness (QED) is 0.611. The Morgan fingerprint density at radius 2 is 1.84 bits per heavy atom. The molecule has 2 heterocycles. The third-order valence-electron chi connectivity index (χ3n) is 4.73. The van der Waals surface area contributed by atoms with Gasteiger partial charge >= 0.3 is 0 Å². The van der Waals surface area contributed by atoms with Gasteiger partial charge < -0.3 is 14.8 Å². The van der Waals surface area contributed by atoms with E-state index < -0.39 is 10.0 Å². The number of hydrogen-bond acceptors (Lipinski definition) is 6. The molecule has 2 N–H and O–H groups in total. The Kier molecular flexibility index (Phi) is 5.77. The van der Waals surface area contributed by atoms with Gasteiger partial charge in [-0.2, -0.15) is 0 Å². The Hall–Kier alpha value is -3.59. The summed E-state index contributed by atoms with van der Waals surface area (Å²) < 4.78 is 39.0. The zero-order valence-electron chi connectivity index (χ0n) is 16.7. The summed E-state index contributed by atoms with van der Waals surface area (Å²) >= 11 is 0. The number of aromatic nitrogens is 1. The van der Waals surface area contributed by atoms with Crippen LogP contribution >= 0.6 is 0 Å². The van der Waals surface area contributed by atoms with E-state index in [1.165, 1.54) is 18.2 Å². The molecule has 3 aromatic rings. The Balaban J connectivity index is 1.49. The number of amides is 1. The van der Waals surface area contributed by atoms with E-state index in [0.29, 0.717) is 30.3 Å². The second kappa shape index (κ2) is 8.65. The lowest BCUT2D eigenvalue weighted by atomic mass is 10.1. The molecule has 1 atom stereocenters. The number of carbonyl (C=O) groups is 1. The Labute approximate surface area is 180 Å². The first-order valence-electron chi connectivity index (χ1n) is 9.66. The van der Waals surface area contributed by atoms with Crippen LogP contribution in [0.4, 0.5) is 5.69 Å². The van der Waals surface area contributed by atoms with Crippen LogP contribution < -0.4 is 19.5 Å². The largest absolute Gasteiger partial charge is 0.486 e. The van der Waals surface area contributed by atoms with Crippen LogP contribution in [-0.2, 0) is 10.0 Å². The molecule has 0 aliphatic carbocycles. The number of sulfonamides is 1. The van der Waals surface area contributed by atoms with E-state index in [1.807, 2.05) is 13.0 Å². The van der Waals surface area contributed by atoms with Crippen LogP contribution in [0.25, 0.3) is 0 Å². The Bertz CT molecular complexity index is 1200. The van der Waals surface area contributed by atoms with Gasteiger partial charge in [0.05, 0.1) is 10.9 Å². The van der Waals surface area contributed by atoms with Crippen molar-refractivity contribution < 1.29 is 22.7 Å². The van der Waals surface area contributed by atoms with Crippen molar-refractivity contribution in [1.29, 1.82) is 0 Å². The summed E-state index contributed by atoms with van der Waals surface area (Å²) in [6.07, 6.45) is 3.35. The van der Waals surface area contributed by atoms with Crippen molar-refractivity contribution in [2.45, 2.75) is 17.9 Å². The van der Waals surface area contributed by atoms with E-state index in [9.17, 15) is 13.2 Å². The van der Waals surface area contributed by atoms with Gasteiger partial charge in [-0.1, -0.05) is 12.1 Å². The molecule has 160 valence electrons. The van der Waals surface area contributed by atoms with Gasteiger partial charge in [0, 0.05) is 29.7 Å². The monoisotopic (exact) mass is 439 g/mol. The summed E-state index contributed by atoms with van der Waals surface area (Å²) in [4.78, 5) is 16.7. The van der Waals surface area contributed by atoms with Crippen molar-refractivity contribution >= 4 is 21.6 Å². The van der Waals surface area contributed by atoms with Crippen LogP contribution in [-0.4, -0.2) is 32.5 Å². The standard InChI is InChI=1S/C22H21N3O5S/c1-15(17-5-3-9-23-14-17)24-22(26)16-4-2-6-18(12-16)25-31(27,28)19-7-8-20-21(13-19)30-11-10-29-20/h2-9,12-15,25H,10-11H2,1H3,(H,24,26). The summed E-state index contributed by atoms with van der Waals surface area (Å²) in [7, 11) is -3.88. The molecule has 2 aromatic carbocycles. The van der Waals surface area contributed by atoms with Crippen molar-refractivity contribution in [3.8, 4) is 11.5 Å². The first-order valence-corrected chi connectivity index (χ1v) is 11.1. The lowest BCUT2D eigenvalue weighted by Crippen LogP contribution is -2.26. The molecule has 1 aliphatic rings. The highest BCUT2D eigenvalue weighted by atomic mass is 32.2. The molecule has 1 aliphatic heterocycles. The lowest BCUT2D eigenvalue weighted by Gasteiger charge is -2.19. The van der Waals surface area contributed by atoms with Crippen molar-refractivity contribution in [3.63, 3.8) is 0 Å². The maximum Gasteiger partial charge on any atom is 0.262 e. The summed E-state index contributed by atoms with van der Waals surface area (Å²) in [6.45, 7) is 2.63. The van der Waals surface area contributed by atoms with Crippen molar-refractivity contribution in [2.75, 3.05) is 17.9 Å². The van der Waals surface area contributed by atoms with E-state index in [-0.39, 0.29) is 22.5 Å². The molecule has 9 heteroatoms. The van der Waals surface area contributed by atoms with E-state index in [2.05, 4.69) is 15.0 Å². The second-order valence-corrected chi connectivity index (χ2v) is 8.66. The van der Waals surface area contributed by atoms with Crippen molar-refractivity contribution in [1.82, 2.24) is 10.3 Å². The summed E-state index contributed by atoms with van der Waals surface area (Å²) in [5.41, 5.74) is 1.47. The molecule has 1 amide bonds. The molecule has 4 rings (SSSR count). The number of carbonyl (C=O) groups excluding carboxylic acids is 1. The van der Waals surface area contributed by atoms with Gasteiger partial charge in [-0.25, -0.2) is 8.42 Å². The van der Waals surface area contributed by atoms with Crippen LogP contribution in [0.2, 0.25) is 0 Å². The third-order valence-corrected chi connectivity index (χ3v) is 6.11. The second-order valence-electron chi connectivity index (χ2n) is 6.97. The summed E-state index contributed by atoms with van der Waals surface area (Å²) in [6, 6.07) is 14.1. The number of nitrogens with one attached hydrogen (secondary N) is 2. The van der Waals surface area contributed by atoms with E-state index in [1.54, 1.807) is 42.7 Å². The number of ether oxygens (including phenoxy) is 2. The fourth-order valence-corrected chi connectivity index (χ4v) is 4.19. The molecule has 0 saturated heterocycles. The van der Waals surface area contributed by atoms with Gasteiger partial charge in [0.25, 0.3) is 15.9 Å². The predicted octanol–water partition coefficient (Wildman–Crippen LogP) is 3.14. The molecule has 8 nitrogen and oxygen atoms in total. The molecule has 31 heavy (non-hydrogen) atoms. The fraction of sp³-hybridized carbons (Fsp3) is 0.182. The number of hydrogen-bond donors (Lipinski definition) is 2. The lowest BCUT2D eigenvalue weighted by molar-refractivity contribution is 0.0940. The Morgan fingerprint density at radius 1 is 1.03 bits per heavy atom. The zero-order chi connectivity index (χ0) is 21.8. The van der Waals surface area contributed by atoms with E-state index in [0.717, 1.165) is 5.56 Å². The molecular weight excluding hydrogens is 418 g/mol. The number of benzene rings is 2. The van der Waals surface area contributed by atoms with Crippen LogP contribution in [0.3, 0.4) is 0 Å². The molecule has 0 saturated carbocycles. The summed E-state index contributed by atoms with van der Waals surface area (Å²) in [5.74, 6) is 0.565. The van der Waals surface area contributed by atoms with E-state index >= 15 is 0 Å². The summed E-state index contributed by atoms with van der Waals surface area (Å²) in [5, 5.41) is 2.88. The topological polar surface area (TPSA) is 107 Å². The fourth-order valence-electron chi connectivity index (χ4n) is 3.12. The van der Waals surface area contributed by atoms with Gasteiger partial charge in [-0.15, -0.1) is 0 Å². The maximum absolute atomic E-state index is 12.8. The molecule has 0 radical (unpaired) electrons. The van der Waals surface area contributed by atoms with Gasteiger partial charge in [0.1, 0.15) is 13.2 Å². The minimum absolute atomic E-state index is 0.0387. The third kappa shape index (κ3) is 4.77. The van der Waals surface area contributed by atoms with Crippen LogP contribution in [0.15, 0.2) is 71.9 Å². The molecule has 0 spiro atoms. The highest BCUT2D eigenvalue weighted by Crippen LogP contribution is 2.32. The molecule has 1 unspecified atom stereocenters. The molecule has 0 bridgehead atoms. The zero-order valence-corrected chi connectivity index (χ0v) is 17.6. The average molecular weight is 439 g/mol. The maximum atomic E-state index is 12.8. The van der Waals surface area contributed by atoms with Gasteiger partial charge in [-0.3, -0.25) is 14.5 Å². The van der Waals surface area contributed by atoms with Gasteiger partial charge in [0.15, 0.2) is 11.5 Å². The van der Waals surface area contributed by atoms with E-state index in [4.69, 9.17) is 9.47 Å². The number of nitrogens with zero attached hydrogens (tertiary/aromatic N) is 1. The van der Waals surface area contributed by atoms with Crippen LogP contribution in [0, 0.1) is 0 Å². The SMILES string of the molecule is CC(NC(=O)c1cccc(NS(=O)(=O)c2ccc3c(c2)OCCO3)c1)c1cccnc1. The number of fused-ring (bicyclic) bond motifs is 1. The first kappa shape index (κ1) is 20.7. The molecule has 0 fully saturated rings. The normalized spacial score (nSPS) is 13.8. The van der Waals surface area contributed by atoms with Crippen LogP contribution in [0.5, 0.6) is 11.5 Å². The highest BCUT2D eigenvalue weighted by molar-refractivity contribution is 7.92. The minimum Gasteiger partial charge on any atom is -0.486 e. The highest BCUT2D eigenvalue weighted by Gasteiger charge is 2.20. The van der Waals surface area contributed by atoms with Crippen LogP contribution in [0.1, 0.15) is 28.9 Å². The van der Waals surface area contributed by atoms with Gasteiger partial charge in [0.2, 0.25) is 0 Å². The Morgan fingerprint density at radius 3 is 2.61 bits per heavy atom. The minimum atomic E-state index is -3.88.